The standard InChI is InChI=1S/C14H24N2O2/c1-10(2)7-12(9-15)14(17)16-11(3)8-13-5-4-6-18-13/h4-6,10-12H,7-9,15H2,1-3H3,(H,16,17). The minimum absolute atomic E-state index is 0.0465. The van der Waals surface area contributed by atoms with E-state index in [0.717, 1.165) is 12.2 Å². The lowest BCUT2D eigenvalue weighted by Gasteiger charge is -2.20. The highest BCUT2D eigenvalue weighted by atomic mass is 16.3. The van der Waals surface area contributed by atoms with Crippen molar-refractivity contribution < 1.29 is 9.21 Å². The van der Waals surface area contributed by atoms with Crippen LogP contribution in [0.3, 0.4) is 0 Å². The Balaban J connectivity index is 2.42. The summed E-state index contributed by atoms with van der Waals surface area (Å²) < 4.78 is 5.26. The van der Waals surface area contributed by atoms with Gasteiger partial charge in [0, 0.05) is 19.0 Å². The molecule has 102 valence electrons. The van der Waals surface area contributed by atoms with Crippen LogP contribution in [0.5, 0.6) is 0 Å². The molecule has 1 rings (SSSR count). The lowest BCUT2D eigenvalue weighted by molar-refractivity contribution is -0.125. The fraction of sp³-hybridized carbons (Fsp3) is 0.643. The van der Waals surface area contributed by atoms with Crippen molar-refractivity contribution in [3.8, 4) is 0 Å². The molecule has 3 N–H and O–H groups in total. The highest BCUT2D eigenvalue weighted by molar-refractivity contribution is 5.79. The highest BCUT2D eigenvalue weighted by Gasteiger charge is 2.20. The monoisotopic (exact) mass is 252 g/mol. The molecule has 2 atom stereocenters. The van der Waals surface area contributed by atoms with Crippen LogP contribution in [0.15, 0.2) is 22.8 Å². The first-order valence-electron chi connectivity index (χ1n) is 6.55. The molecule has 0 aliphatic heterocycles. The summed E-state index contributed by atoms with van der Waals surface area (Å²) in [6.07, 6.45) is 3.18. The van der Waals surface area contributed by atoms with Gasteiger partial charge in [0.15, 0.2) is 0 Å². The van der Waals surface area contributed by atoms with Crippen LogP contribution < -0.4 is 11.1 Å². The molecule has 0 saturated carbocycles. The van der Waals surface area contributed by atoms with Crippen LogP contribution in [0.4, 0.5) is 0 Å². The molecule has 0 fully saturated rings. The zero-order valence-corrected chi connectivity index (χ0v) is 11.5. The average molecular weight is 252 g/mol. The number of nitrogens with one attached hydrogen (secondary N) is 1. The van der Waals surface area contributed by atoms with Crippen molar-refractivity contribution in [1.29, 1.82) is 0 Å². The van der Waals surface area contributed by atoms with Gasteiger partial charge in [-0.05, 0) is 31.4 Å². The maximum Gasteiger partial charge on any atom is 0.224 e. The molecule has 0 radical (unpaired) electrons. The fourth-order valence-corrected chi connectivity index (χ4v) is 2.02. The summed E-state index contributed by atoms with van der Waals surface area (Å²) in [5.74, 6) is 1.31. The summed E-state index contributed by atoms with van der Waals surface area (Å²) in [7, 11) is 0. The van der Waals surface area contributed by atoms with Crippen molar-refractivity contribution in [1.82, 2.24) is 5.32 Å². The minimum Gasteiger partial charge on any atom is -0.469 e. The van der Waals surface area contributed by atoms with Gasteiger partial charge in [-0.3, -0.25) is 4.79 Å². The summed E-state index contributed by atoms with van der Waals surface area (Å²) in [6.45, 7) is 6.57. The predicted molar refractivity (Wildman–Crippen MR) is 72.0 cm³/mol. The zero-order valence-electron chi connectivity index (χ0n) is 11.5. The Morgan fingerprint density at radius 3 is 2.67 bits per heavy atom. The molecule has 1 heterocycles. The molecule has 0 spiro atoms. The second-order valence-corrected chi connectivity index (χ2v) is 5.26. The van der Waals surface area contributed by atoms with E-state index in [1.165, 1.54) is 0 Å². The molecule has 1 amide bonds. The summed E-state index contributed by atoms with van der Waals surface area (Å²) in [5, 5.41) is 3.00. The van der Waals surface area contributed by atoms with Gasteiger partial charge < -0.3 is 15.5 Å². The van der Waals surface area contributed by atoms with Crippen LogP contribution >= 0.6 is 0 Å². The lowest BCUT2D eigenvalue weighted by atomic mass is 9.96. The van der Waals surface area contributed by atoms with Gasteiger partial charge in [0.1, 0.15) is 5.76 Å². The molecule has 2 unspecified atom stereocenters. The van der Waals surface area contributed by atoms with E-state index in [4.69, 9.17) is 10.2 Å². The van der Waals surface area contributed by atoms with E-state index >= 15 is 0 Å². The van der Waals surface area contributed by atoms with Gasteiger partial charge >= 0.3 is 0 Å². The smallest absolute Gasteiger partial charge is 0.224 e. The first-order chi connectivity index (χ1) is 8.52. The SMILES string of the molecule is CC(C)CC(CN)C(=O)NC(C)Cc1ccco1. The number of rotatable bonds is 7. The Labute approximate surface area is 109 Å². The molecule has 0 aromatic carbocycles. The molecule has 0 aliphatic carbocycles. The zero-order chi connectivity index (χ0) is 13.5. The Morgan fingerprint density at radius 1 is 1.44 bits per heavy atom. The first-order valence-corrected chi connectivity index (χ1v) is 6.55. The summed E-state index contributed by atoms with van der Waals surface area (Å²) in [4.78, 5) is 12.0. The van der Waals surface area contributed by atoms with Gasteiger partial charge in [-0.15, -0.1) is 0 Å². The molecule has 1 aromatic rings. The molecule has 1 aromatic heterocycles. The van der Waals surface area contributed by atoms with Crippen LogP contribution in [0.25, 0.3) is 0 Å². The number of hydrogen-bond donors (Lipinski definition) is 2. The second kappa shape index (κ2) is 7.21. The van der Waals surface area contributed by atoms with E-state index in [1.54, 1.807) is 6.26 Å². The lowest BCUT2D eigenvalue weighted by Crippen LogP contribution is -2.41. The third-order valence-corrected chi connectivity index (χ3v) is 2.89. The van der Waals surface area contributed by atoms with Crippen LogP contribution in [-0.2, 0) is 11.2 Å². The maximum atomic E-state index is 12.0. The predicted octanol–water partition coefficient (Wildman–Crippen LogP) is 1.95. The normalized spacial score (nSPS) is 14.5. The minimum atomic E-state index is -0.0935. The maximum absolute atomic E-state index is 12.0. The largest absolute Gasteiger partial charge is 0.469 e. The Bertz CT molecular complexity index is 347. The third-order valence-electron chi connectivity index (χ3n) is 2.89. The average Bonchev–Trinajstić information content (AvgIpc) is 2.77. The molecule has 4 heteroatoms. The van der Waals surface area contributed by atoms with Gasteiger partial charge in [0.2, 0.25) is 5.91 Å². The van der Waals surface area contributed by atoms with Crippen molar-refractivity contribution in [3.63, 3.8) is 0 Å². The van der Waals surface area contributed by atoms with Crippen LogP contribution in [0, 0.1) is 11.8 Å². The second-order valence-electron chi connectivity index (χ2n) is 5.26. The van der Waals surface area contributed by atoms with E-state index in [-0.39, 0.29) is 17.9 Å². The van der Waals surface area contributed by atoms with Crippen molar-refractivity contribution in [2.24, 2.45) is 17.6 Å². The van der Waals surface area contributed by atoms with Gasteiger partial charge in [-0.2, -0.15) is 0 Å². The van der Waals surface area contributed by atoms with E-state index in [9.17, 15) is 4.79 Å². The van der Waals surface area contributed by atoms with Crippen LogP contribution in [0.1, 0.15) is 33.0 Å². The molecule has 4 nitrogen and oxygen atoms in total. The molecule has 18 heavy (non-hydrogen) atoms. The number of carbonyl (C=O) groups is 1. The Kier molecular flexibility index (Phi) is 5.92. The van der Waals surface area contributed by atoms with Crippen molar-refractivity contribution in [2.45, 2.75) is 39.7 Å². The number of amides is 1. The molecule has 0 bridgehead atoms. The van der Waals surface area contributed by atoms with Crippen molar-refractivity contribution in [3.05, 3.63) is 24.2 Å². The van der Waals surface area contributed by atoms with Gasteiger partial charge in [-0.1, -0.05) is 13.8 Å². The van der Waals surface area contributed by atoms with Crippen molar-refractivity contribution >= 4 is 5.91 Å². The van der Waals surface area contributed by atoms with E-state index in [1.807, 2.05) is 19.1 Å². The summed E-state index contributed by atoms with van der Waals surface area (Å²) in [5.41, 5.74) is 5.65. The van der Waals surface area contributed by atoms with Gasteiger partial charge in [0.05, 0.1) is 12.2 Å². The van der Waals surface area contributed by atoms with Crippen LogP contribution in [-0.4, -0.2) is 18.5 Å². The molecule has 0 saturated heterocycles. The fourth-order valence-electron chi connectivity index (χ4n) is 2.02. The van der Waals surface area contributed by atoms with Gasteiger partial charge in [-0.25, -0.2) is 0 Å². The molecular formula is C14H24N2O2. The van der Waals surface area contributed by atoms with Crippen molar-refractivity contribution in [2.75, 3.05) is 6.54 Å². The molecular weight excluding hydrogens is 228 g/mol. The topological polar surface area (TPSA) is 68.3 Å². The number of carbonyl (C=O) groups excluding carboxylic acids is 1. The quantitative estimate of drug-likeness (QED) is 0.779. The number of hydrogen-bond acceptors (Lipinski definition) is 3. The summed E-state index contributed by atoms with van der Waals surface area (Å²) >= 11 is 0. The third kappa shape index (κ3) is 4.92. The van der Waals surface area contributed by atoms with Gasteiger partial charge in [0.25, 0.3) is 0 Å². The highest BCUT2D eigenvalue weighted by Crippen LogP contribution is 2.11. The summed E-state index contributed by atoms with van der Waals surface area (Å²) in [6, 6.07) is 3.83. The Hall–Kier alpha value is -1.29. The number of furan rings is 1. The molecule has 0 aliphatic rings. The van der Waals surface area contributed by atoms with E-state index in [0.29, 0.717) is 18.9 Å². The first kappa shape index (κ1) is 14.8. The Morgan fingerprint density at radius 2 is 2.17 bits per heavy atom. The van der Waals surface area contributed by atoms with Crippen LogP contribution in [0.2, 0.25) is 0 Å². The number of nitrogens with two attached hydrogens (primary N) is 1. The van der Waals surface area contributed by atoms with E-state index in [2.05, 4.69) is 19.2 Å². The van der Waals surface area contributed by atoms with E-state index < -0.39 is 0 Å².